The van der Waals surface area contributed by atoms with Gasteiger partial charge in [-0.2, -0.15) is 0 Å². The molecule has 0 atom stereocenters. The molecule has 1 amide bonds. The molecule has 0 aliphatic rings. The normalized spacial score (nSPS) is 10.3. The highest BCUT2D eigenvalue weighted by atomic mass is 16.5. The van der Waals surface area contributed by atoms with Gasteiger partial charge in [-0.1, -0.05) is 17.3 Å². The number of carbonyl (C=O) groups excluding carboxylic acids is 1. The highest BCUT2D eigenvalue weighted by molar-refractivity contribution is 5.92. The number of carbonyl (C=O) groups is 1. The number of anilines is 1. The zero-order valence-corrected chi connectivity index (χ0v) is 10.4. The summed E-state index contributed by atoms with van der Waals surface area (Å²) >= 11 is 0. The summed E-state index contributed by atoms with van der Waals surface area (Å²) in [6, 6.07) is 9.05. The van der Waals surface area contributed by atoms with Crippen molar-refractivity contribution < 1.29 is 9.32 Å². The number of hydrogen-bond acceptors (Lipinski definition) is 4. The summed E-state index contributed by atoms with van der Waals surface area (Å²) in [7, 11) is 1.72. The van der Waals surface area contributed by atoms with Gasteiger partial charge in [0.05, 0.1) is 0 Å². The molecule has 0 fully saturated rings. The first kappa shape index (κ1) is 12.2. The topological polar surface area (TPSA) is 72.4 Å². The maximum atomic E-state index is 12.0. The lowest BCUT2D eigenvalue weighted by atomic mass is 10.2. The van der Waals surface area contributed by atoms with E-state index in [-0.39, 0.29) is 5.91 Å². The molecular weight excluding hydrogens is 230 g/mol. The van der Waals surface area contributed by atoms with E-state index in [1.54, 1.807) is 24.9 Å². The van der Waals surface area contributed by atoms with Crippen molar-refractivity contribution in [3.05, 3.63) is 47.3 Å². The molecule has 1 heterocycles. The number of nitrogen functional groups attached to an aromatic ring is 1. The lowest BCUT2D eigenvalue weighted by Crippen LogP contribution is -2.26. The van der Waals surface area contributed by atoms with Gasteiger partial charge in [0.15, 0.2) is 5.69 Å². The van der Waals surface area contributed by atoms with E-state index in [0.717, 1.165) is 5.56 Å². The third-order valence-electron chi connectivity index (χ3n) is 2.59. The molecule has 0 saturated heterocycles. The molecule has 5 heteroatoms. The average molecular weight is 245 g/mol. The van der Waals surface area contributed by atoms with Crippen molar-refractivity contribution in [3.8, 4) is 0 Å². The van der Waals surface area contributed by atoms with Gasteiger partial charge in [0, 0.05) is 25.3 Å². The minimum atomic E-state index is -0.163. The molecule has 5 nitrogen and oxygen atoms in total. The number of aromatic nitrogens is 1. The predicted molar refractivity (Wildman–Crippen MR) is 67.9 cm³/mol. The maximum absolute atomic E-state index is 12.0. The van der Waals surface area contributed by atoms with Crippen molar-refractivity contribution in [1.82, 2.24) is 10.1 Å². The van der Waals surface area contributed by atoms with E-state index < -0.39 is 0 Å². The lowest BCUT2D eigenvalue weighted by molar-refractivity contribution is 0.0774. The molecule has 0 aliphatic carbocycles. The summed E-state index contributed by atoms with van der Waals surface area (Å²) in [6.45, 7) is 2.26. The van der Waals surface area contributed by atoms with Gasteiger partial charge in [-0.25, -0.2) is 0 Å². The fourth-order valence-corrected chi connectivity index (χ4v) is 1.63. The van der Waals surface area contributed by atoms with Crippen LogP contribution in [0.3, 0.4) is 0 Å². The van der Waals surface area contributed by atoms with Gasteiger partial charge >= 0.3 is 0 Å². The minimum Gasteiger partial charge on any atom is -0.399 e. The minimum absolute atomic E-state index is 0.163. The molecule has 0 bridgehead atoms. The van der Waals surface area contributed by atoms with Crippen LogP contribution in [0.15, 0.2) is 34.9 Å². The highest BCUT2D eigenvalue weighted by Gasteiger charge is 2.15. The second kappa shape index (κ2) is 4.91. The molecule has 1 aromatic carbocycles. The number of rotatable bonds is 3. The summed E-state index contributed by atoms with van der Waals surface area (Å²) in [5, 5.41) is 3.71. The Bertz CT molecular complexity index is 546. The maximum Gasteiger partial charge on any atom is 0.276 e. The molecule has 0 saturated carbocycles. The van der Waals surface area contributed by atoms with Gasteiger partial charge < -0.3 is 15.2 Å². The number of amides is 1. The Morgan fingerprint density at radius 3 is 2.61 bits per heavy atom. The van der Waals surface area contributed by atoms with Crippen LogP contribution in [0.5, 0.6) is 0 Å². The third kappa shape index (κ3) is 2.68. The molecule has 0 radical (unpaired) electrons. The van der Waals surface area contributed by atoms with Gasteiger partial charge in [0.25, 0.3) is 5.91 Å². The van der Waals surface area contributed by atoms with Crippen molar-refractivity contribution >= 4 is 11.6 Å². The van der Waals surface area contributed by atoms with E-state index in [0.29, 0.717) is 23.7 Å². The first-order valence-electron chi connectivity index (χ1n) is 5.59. The van der Waals surface area contributed by atoms with Crippen molar-refractivity contribution in [2.45, 2.75) is 13.5 Å². The summed E-state index contributed by atoms with van der Waals surface area (Å²) in [5.74, 6) is 0.461. The van der Waals surface area contributed by atoms with Crippen LogP contribution < -0.4 is 5.73 Å². The number of benzene rings is 1. The van der Waals surface area contributed by atoms with Crippen LogP contribution in [0.2, 0.25) is 0 Å². The molecule has 2 aromatic rings. The van der Waals surface area contributed by atoms with E-state index in [9.17, 15) is 4.79 Å². The van der Waals surface area contributed by atoms with E-state index in [2.05, 4.69) is 5.16 Å². The molecule has 1 aromatic heterocycles. The molecule has 0 spiro atoms. The van der Waals surface area contributed by atoms with Crippen molar-refractivity contribution in [2.75, 3.05) is 12.8 Å². The summed E-state index contributed by atoms with van der Waals surface area (Å²) in [5.41, 5.74) is 7.65. The monoisotopic (exact) mass is 245 g/mol. The Morgan fingerprint density at radius 2 is 2.06 bits per heavy atom. The van der Waals surface area contributed by atoms with Crippen LogP contribution in [0.4, 0.5) is 5.69 Å². The molecule has 0 aliphatic heterocycles. The standard InChI is InChI=1S/C13H15N3O2/c1-9-7-12(15-18-9)13(17)16(2)8-10-3-5-11(14)6-4-10/h3-7H,8,14H2,1-2H3. The van der Waals surface area contributed by atoms with Gasteiger partial charge in [-0.3, -0.25) is 4.79 Å². The molecule has 2 N–H and O–H groups in total. The zero-order chi connectivity index (χ0) is 13.1. The predicted octanol–water partition coefficient (Wildman–Crippen LogP) is 1.84. The lowest BCUT2D eigenvalue weighted by Gasteiger charge is -2.15. The number of nitrogens with two attached hydrogens (primary N) is 1. The van der Waals surface area contributed by atoms with E-state index in [1.165, 1.54) is 0 Å². The fourth-order valence-electron chi connectivity index (χ4n) is 1.63. The second-order valence-electron chi connectivity index (χ2n) is 4.23. The highest BCUT2D eigenvalue weighted by Crippen LogP contribution is 2.10. The average Bonchev–Trinajstić information content (AvgIpc) is 2.78. The van der Waals surface area contributed by atoms with Crippen molar-refractivity contribution in [2.24, 2.45) is 0 Å². The van der Waals surface area contributed by atoms with Gasteiger partial charge in [-0.05, 0) is 24.6 Å². The third-order valence-corrected chi connectivity index (χ3v) is 2.59. The summed E-state index contributed by atoms with van der Waals surface area (Å²) in [4.78, 5) is 13.6. The molecule has 94 valence electrons. The first-order chi connectivity index (χ1) is 8.56. The van der Waals surface area contributed by atoms with Crippen LogP contribution >= 0.6 is 0 Å². The molecule has 18 heavy (non-hydrogen) atoms. The Kier molecular flexibility index (Phi) is 3.32. The van der Waals surface area contributed by atoms with Crippen LogP contribution in [0.1, 0.15) is 21.8 Å². The smallest absolute Gasteiger partial charge is 0.276 e. The summed E-state index contributed by atoms with van der Waals surface area (Å²) in [6.07, 6.45) is 0. The van der Waals surface area contributed by atoms with Crippen LogP contribution in [-0.2, 0) is 6.54 Å². The molecule has 2 rings (SSSR count). The van der Waals surface area contributed by atoms with Crippen molar-refractivity contribution in [3.63, 3.8) is 0 Å². The number of aryl methyl sites for hydroxylation is 1. The molecular formula is C13H15N3O2. The molecule has 0 unspecified atom stereocenters. The van der Waals surface area contributed by atoms with Crippen LogP contribution in [0.25, 0.3) is 0 Å². The van der Waals surface area contributed by atoms with Gasteiger partial charge in [0.2, 0.25) is 0 Å². The largest absolute Gasteiger partial charge is 0.399 e. The summed E-state index contributed by atoms with van der Waals surface area (Å²) < 4.78 is 4.89. The number of hydrogen-bond donors (Lipinski definition) is 1. The van der Waals surface area contributed by atoms with Crippen molar-refractivity contribution in [1.29, 1.82) is 0 Å². The van der Waals surface area contributed by atoms with Crippen LogP contribution in [-0.4, -0.2) is 23.0 Å². The van der Waals surface area contributed by atoms with Gasteiger partial charge in [0.1, 0.15) is 5.76 Å². The SMILES string of the molecule is Cc1cc(C(=O)N(C)Cc2ccc(N)cc2)no1. The first-order valence-corrected chi connectivity index (χ1v) is 5.59. The fraction of sp³-hybridized carbons (Fsp3) is 0.231. The van der Waals surface area contributed by atoms with Gasteiger partial charge in [-0.15, -0.1) is 0 Å². The quantitative estimate of drug-likeness (QED) is 0.837. The van der Waals surface area contributed by atoms with E-state index in [4.69, 9.17) is 10.3 Å². The Hall–Kier alpha value is -2.30. The Balaban J connectivity index is 2.05. The Morgan fingerprint density at radius 1 is 1.39 bits per heavy atom. The van der Waals surface area contributed by atoms with E-state index >= 15 is 0 Å². The second-order valence-corrected chi connectivity index (χ2v) is 4.23. The zero-order valence-electron chi connectivity index (χ0n) is 10.4. The number of nitrogens with zero attached hydrogens (tertiary/aromatic N) is 2. The van der Waals surface area contributed by atoms with E-state index in [1.807, 2.05) is 24.3 Å². The van der Waals surface area contributed by atoms with Crippen LogP contribution in [0, 0.1) is 6.92 Å². The Labute approximate surface area is 105 Å².